The van der Waals surface area contributed by atoms with Crippen molar-refractivity contribution in [1.29, 1.82) is 0 Å². The highest BCUT2D eigenvalue weighted by Gasteiger charge is 2.48. The number of aliphatic hydroxyl groups is 3. The number of rotatable bonds is 11. The van der Waals surface area contributed by atoms with Crippen molar-refractivity contribution in [1.82, 2.24) is 35.1 Å². The van der Waals surface area contributed by atoms with Crippen LogP contribution < -0.4 is 16.0 Å². The van der Waals surface area contributed by atoms with E-state index in [9.17, 15) is 29.7 Å². The summed E-state index contributed by atoms with van der Waals surface area (Å²) in [5.74, 6) is 5.83. The Balaban J connectivity index is 1.37. The molecule has 1 unspecified atom stereocenters. The number of benzene rings is 1. The van der Waals surface area contributed by atoms with E-state index < -0.39 is 48.5 Å². The molecule has 3 aromatic rings. The van der Waals surface area contributed by atoms with Crippen molar-refractivity contribution in [3.05, 3.63) is 48.0 Å². The summed E-state index contributed by atoms with van der Waals surface area (Å²) >= 11 is 0. The Bertz CT molecular complexity index is 1660. The highest BCUT2D eigenvalue weighted by Crippen LogP contribution is 2.34. The number of carbonyl (C=O) groups excluding carboxylic acids is 3. The third-order valence-corrected chi connectivity index (χ3v) is 7.38. The molecule has 3 heterocycles. The Morgan fingerprint density at radius 2 is 1.94 bits per heavy atom. The Kier molecular flexibility index (Phi) is 11.5. The van der Waals surface area contributed by atoms with Gasteiger partial charge in [0.2, 0.25) is 12.3 Å². The fourth-order valence-corrected chi connectivity index (χ4v) is 4.93. The summed E-state index contributed by atoms with van der Waals surface area (Å²) in [5, 5.41) is 40.1. The molecule has 16 heteroatoms. The van der Waals surface area contributed by atoms with Gasteiger partial charge in [-0.3, -0.25) is 14.2 Å². The number of carbonyl (C=O) groups is 3. The van der Waals surface area contributed by atoms with Crippen LogP contribution in [0.2, 0.25) is 0 Å². The van der Waals surface area contributed by atoms with E-state index in [2.05, 4.69) is 42.7 Å². The predicted molar refractivity (Wildman–Crippen MR) is 173 cm³/mol. The molecule has 3 amide bonds. The minimum atomic E-state index is -1.48. The number of nitrogens with one attached hydrogen (secondary N) is 3. The number of aromatic nitrogens is 4. The van der Waals surface area contributed by atoms with Crippen molar-refractivity contribution in [3.63, 3.8) is 0 Å². The van der Waals surface area contributed by atoms with Gasteiger partial charge in [0.05, 0.1) is 12.9 Å². The summed E-state index contributed by atoms with van der Waals surface area (Å²) < 4.78 is 12.4. The Hall–Kier alpha value is -4.82. The van der Waals surface area contributed by atoms with Crippen LogP contribution >= 0.6 is 0 Å². The fraction of sp³-hybridized carbons (Fsp3) is 0.500. The van der Waals surface area contributed by atoms with E-state index >= 15 is 0 Å². The van der Waals surface area contributed by atoms with Gasteiger partial charge >= 0.3 is 6.09 Å². The van der Waals surface area contributed by atoms with Gasteiger partial charge in [0.15, 0.2) is 29.4 Å². The Labute approximate surface area is 277 Å². The van der Waals surface area contributed by atoms with Crippen molar-refractivity contribution >= 4 is 35.4 Å². The second-order valence-electron chi connectivity index (χ2n) is 12.6. The molecule has 1 aliphatic heterocycles. The van der Waals surface area contributed by atoms with Gasteiger partial charge < -0.3 is 45.6 Å². The van der Waals surface area contributed by atoms with Crippen LogP contribution in [0, 0.1) is 17.8 Å². The minimum Gasteiger partial charge on any atom is -0.444 e. The number of imidazole rings is 1. The van der Waals surface area contributed by atoms with Gasteiger partial charge in [-0.05, 0) is 44.4 Å². The first-order valence-corrected chi connectivity index (χ1v) is 15.3. The minimum absolute atomic E-state index is 0.0754. The summed E-state index contributed by atoms with van der Waals surface area (Å²) in [4.78, 5) is 49.8. The summed E-state index contributed by atoms with van der Waals surface area (Å²) in [7, 11) is 1.33. The van der Waals surface area contributed by atoms with Crippen molar-refractivity contribution < 1.29 is 39.2 Å². The first-order valence-electron chi connectivity index (χ1n) is 15.3. The van der Waals surface area contributed by atoms with Crippen molar-refractivity contribution in [2.75, 3.05) is 18.9 Å². The second kappa shape index (κ2) is 15.4. The maximum absolute atomic E-state index is 12.7. The van der Waals surface area contributed by atoms with Gasteiger partial charge in [-0.1, -0.05) is 37.8 Å². The van der Waals surface area contributed by atoms with Gasteiger partial charge in [-0.25, -0.2) is 19.7 Å². The van der Waals surface area contributed by atoms with Crippen LogP contribution in [-0.2, 0) is 25.6 Å². The molecule has 1 saturated heterocycles. The normalized spacial score (nSPS) is 20.4. The largest absolute Gasteiger partial charge is 0.444 e. The van der Waals surface area contributed by atoms with Crippen LogP contribution in [0.15, 0.2) is 36.9 Å². The maximum atomic E-state index is 12.7. The third kappa shape index (κ3) is 8.75. The van der Waals surface area contributed by atoms with Crippen LogP contribution in [0.1, 0.15) is 52.0 Å². The molecule has 16 nitrogen and oxygen atoms in total. The van der Waals surface area contributed by atoms with E-state index in [1.54, 1.807) is 20.8 Å². The Morgan fingerprint density at radius 1 is 1.19 bits per heavy atom. The number of alkyl carbamates (subject to hydrolysis) is 1. The van der Waals surface area contributed by atoms with E-state index in [1.807, 2.05) is 38.1 Å². The molecule has 0 aliphatic carbocycles. The zero-order valence-corrected chi connectivity index (χ0v) is 27.6. The third-order valence-electron chi connectivity index (χ3n) is 7.38. The van der Waals surface area contributed by atoms with Gasteiger partial charge in [-0.2, -0.15) is 0 Å². The quantitative estimate of drug-likeness (QED) is 0.0937. The van der Waals surface area contributed by atoms with Crippen LogP contribution in [-0.4, -0.2) is 108 Å². The number of hydrogen-bond acceptors (Lipinski definition) is 12. The SMILES string of the molecule is CC(C)[C@H](NC(=O)OC(C)(C)C)C(=O)NCC#Cc1cccc(CNc2ncnc3c2ncn3[C@@H]2O[C@H](C(O)N(C)C=O)[C@@H](O)[C@H]2O)c1. The average molecular weight is 667 g/mol. The summed E-state index contributed by atoms with van der Waals surface area (Å²) in [5.41, 5.74) is 1.60. The maximum Gasteiger partial charge on any atom is 0.408 e. The summed E-state index contributed by atoms with van der Waals surface area (Å²) in [6, 6.07) is 6.69. The number of ether oxygens (including phenoxy) is 2. The zero-order chi connectivity index (χ0) is 35.2. The molecule has 1 aliphatic rings. The fourth-order valence-electron chi connectivity index (χ4n) is 4.93. The van der Waals surface area contributed by atoms with Crippen LogP contribution in [0.5, 0.6) is 0 Å². The topological polar surface area (TPSA) is 213 Å². The van der Waals surface area contributed by atoms with E-state index in [0.29, 0.717) is 29.9 Å². The van der Waals surface area contributed by atoms with Gasteiger partial charge in [0, 0.05) is 19.2 Å². The van der Waals surface area contributed by atoms with Crippen molar-refractivity contribution in [2.45, 2.75) is 83.6 Å². The number of aliphatic hydroxyl groups excluding tert-OH is 3. The standard InChI is InChI=1S/C32H42N8O8/c1-18(2)21(38-31(46)48-32(3,4)5)28(44)33-12-8-11-19-9-7-10-20(13-19)14-34-26-22-27(36-15-35-26)40(16-37-22)30-24(43)23(42)25(47-30)29(45)39(6)17-41/h7,9-10,13,15-18,21,23-25,29-30,42-43,45H,12,14H2,1-6H3,(H,33,44)(H,38,46)(H,34,35,36)/t21-,23-,24+,25-,29?,30+/m0/s1. The number of anilines is 1. The molecule has 0 bridgehead atoms. The molecule has 4 rings (SSSR count). The summed E-state index contributed by atoms with van der Waals surface area (Å²) in [6.45, 7) is 9.31. The van der Waals surface area contributed by atoms with Crippen molar-refractivity contribution in [2.24, 2.45) is 5.92 Å². The highest BCUT2D eigenvalue weighted by atomic mass is 16.6. The molecule has 6 N–H and O–H groups in total. The number of likely N-dealkylation sites (N-methyl/N-ethyl adjacent to an activating group) is 1. The van der Waals surface area contributed by atoms with Crippen molar-refractivity contribution in [3.8, 4) is 11.8 Å². The molecule has 258 valence electrons. The van der Waals surface area contributed by atoms with E-state index in [0.717, 1.165) is 16.0 Å². The van der Waals surface area contributed by atoms with E-state index in [1.165, 1.54) is 24.3 Å². The predicted octanol–water partition coefficient (Wildman–Crippen LogP) is 0.481. The molecule has 0 spiro atoms. The van der Waals surface area contributed by atoms with Gasteiger partial charge in [0.1, 0.15) is 36.3 Å². The molecule has 0 radical (unpaired) electrons. The lowest BCUT2D eigenvalue weighted by atomic mass is 10.0. The van der Waals surface area contributed by atoms with E-state index in [4.69, 9.17) is 9.47 Å². The highest BCUT2D eigenvalue weighted by molar-refractivity contribution is 5.86. The molecule has 1 fully saturated rings. The van der Waals surface area contributed by atoms with Gasteiger partial charge in [-0.15, -0.1) is 0 Å². The second-order valence-corrected chi connectivity index (χ2v) is 12.6. The number of hydrogen-bond donors (Lipinski definition) is 6. The monoisotopic (exact) mass is 666 g/mol. The lowest BCUT2D eigenvalue weighted by molar-refractivity contribution is -0.149. The number of fused-ring (bicyclic) bond motifs is 1. The molecule has 0 saturated carbocycles. The smallest absolute Gasteiger partial charge is 0.408 e. The summed E-state index contributed by atoms with van der Waals surface area (Å²) in [6.07, 6.45) is -4.37. The molecular formula is C32H42N8O8. The first kappa shape index (κ1) is 36.0. The average Bonchev–Trinajstić information content (AvgIpc) is 3.59. The zero-order valence-electron chi connectivity index (χ0n) is 27.6. The molecular weight excluding hydrogens is 624 g/mol. The first-order chi connectivity index (χ1) is 22.7. The lowest BCUT2D eigenvalue weighted by Crippen LogP contribution is -2.50. The molecule has 2 aromatic heterocycles. The lowest BCUT2D eigenvalue weighted by Gasteiger charge is -2.26. The van der Waals surface area contributed by atoms with Crippen LogP contribution in [0.4, 0.5) is 10.6 Å². The van der Waals surface area contributed by atoms with Crippen LogP contribution in [0.3, 0.4) is 0 Å². The molecule has 48 heavy (non-hydrogen) atoms. The molecule has 1 aromatic carbocycles. The van der Waals surface area contributed by atoms with E-state index in [-0.39, 0.29) is 18.4 Å². The van der Waals surface area contributed by atoms with Crippen LogP contribution in [0.25, 0.3) is 11.2 Å². The Morgan fingerprint density at radius 3 is 2.62 bits per heavy atom. The number of amides is 3. The molecule has 6 atom stereocenters. The van der Waals surface area contributed by atoms with Gasteiger partial charge in [0.25, 0.3) is 0 Å². The number of nitrogens with zero attached hydrogens (tertiary/aromatic N) is 5.